The lowest BCUT2D eigenvalue weighted by molar-refractivity contribution is -0.115. The number of ether oxygens (including phenoxy) is 2. The van der Waals surface area contributed by atoms with E-state index in [4.69, 9.17) is 9.47 Å². The van der Waals surface area contributed by atoms with Gasteiger partial charge in [-0.05, 0) is 17.7 Å². The lowest BCUT2D eigenvalue weighted by Gasteiger charge is -2.27. The molecule has 0 atom stereocenters. The maximum atomic E-state index is 12.4. The van der Waals surface area contributed by atoms with Crippen LogP contribution >= 0.6 is 11.3 Å². The van der Waals surface area contributed by atoms with Crippen LogP contribution in [-0.4, -0.2) is 62.8 Å². The predicted molar refractivity (Wildman–Crippen MR) is 111 cm³/mol. The van der Waals surface area contributed by atoms with Crippen LogP contribution in [0.25, 0.3) is 0 Å². The van der Waals surface area contributed by atoms with E-state index in [0.717, 1.165) is 16.1 Å². The monoisotopic (exact) mass is 440 g/mol. The topological polar surface area (TPSA) is 101 Å². The predicted octanol–water partition coefficient (Wildman–Crippen LogP) is 1.51. The minimum atomic E-state index is -3.47. The fourth-order valence-electron chi connectivity index (χ4n) is 2.99. The molecular weight excluding hydrogens is 416 g/mol. The van der Waals surface area contributed by atoms with E-state index in [2.05, 4.69) is 10.3 Å². The number of hydrogen-bond acceptors (Lipinski definition) is 7. The number of benzene rings is 1. The average molecular weight is 441 g/mol. The quantitative estimate of drug-likeness (QED) is 0.700. The van der Waals surface area contributed by atoms with E-state index in [0.29, 0.717) is 29.6 Å². The minimum Gasteiger partial charge on any atom is -0.493 e. The summed E-state index contributed by atoms with van der Waals surface area (Å²) in [6.45, 7) is 0.634. The summed E-state index contributed by atoms with van der Waals surface area (Å²) in [4.78, 5) is 17.7. The molecule has 11 heteroatoms. The summed E-state index contributed by atoms with van der Waals surface area (Å²) in [5.41, 5.74) is 1.62. The molecule has 1 aliphatic heterocycles. The van der Waals surface area contributed by atoms with Gasteiger partial charge in [0.25, 0.3) is 10.2 Å². The number of fused-ring (bicyclic) bond motifs is 1. The molecule has 0 saturated carbocycles. The smallest absolute Gasteiger partial charge is 0.281 e. The molecule has 158 valence electrons. The molecular formula is C18H24N4O5S2. The standard InChI is InChI=1S/C18H24N4O5S2/c1-21(2)29(24,25)22-8-7-13-16(11-22)28-18(19-13)20-17(23)10-12-5-6-14(26-3)15(9-12)27-4/h5-6,9H,7-8,10-11H2,1-4H3,(H,19,20,23). The number of carbonyl (C=O) groups is 1. The zero-order chi connectivity index (χ0) is 21.2. The molecule has 1 aromatic carbocycles. The number of rotatable bonds is 7. The molecule has 0 fully saturated rings. The second-order valence-corrected chi connectivity index (χ2v) is 9.90. The average Bonchev–Trinajstić information content (AvgIpc) is 3.08. The van der Waals surface area contributed by atoms with E-state index < -0.39 is 10.2 Å². The molecule has 0 aliphatic carbocycles. The second-order valence-electron chi connectivity index (χ2n) is 6.68. The Morgan fingerprint density at radius 2 is 2.00 bits per heavy atom. The largest absolute Gasteiger partial charge is 0.493 e. The maximum absolute atomic E-state index is 12.4. The third-order valence-corrected chi connectivity index (χ3v) is 7.43. The normalized spacial score (nSPS) is 14.5. The number of thiazole rings is 1. The number of hydrogen-bond donors (Lipinski definition) is 1. The zero-order valence-corrected chi connectivity index (χ0v) is 18.4. The van der Waals surface area contributed by atoms with Crippen molar-refractivity contribution in [1.82, 2.24) is 13.6 Å². The Balaban J connectivity index is 1.67. The fourth-order valence-corrected chi connectivity index (χ4v) is 5.19. The van der Waals surface area contributed by atoms with Crippen LogP contribution in [-0.2, 0) is 34.4 Å². The van der Waals surface area contributed by atoms with Gasteiger partial charge in [0.05, 0.1) is 32.9 Å². The third kappa shape index (κ3) is 4.69. The Bertz CT molecular complexity index is 1000. The zero-order valence-electron chi connectivity index (χ0n) is 16.8. The first-order chi connectivity index (χ1) is 13.7. The molecule has 29 heavy (non-hydrogen) atoms. The number of aromatic nitrogens is 1. The molecule has 0 saturated heterocycles. The van der Waals surface area contributed by atoms with E-state index in [-0.39, 0.29) is 18.9 Å². The number of anilines is 1. The van der Waals surface area contributed by atoms with Crippen molar-refractivity contribution in [3.05, 3.63) is 34.3 Å². The summed E-state index contributed by atoms with van der Waals surface area (Å²) >= 11 is 1.31. The Morgan fingerprint density at radius 1 is 1.28 bits per heavy atom. The highest BCUT2D eigenvalue weighted by Gasteiger charge is 2.30. The summed E-state index contributed by atoms with van der Waals surface area (Å²) in [5, 5.41) is 3.28. The van der Waals surface area contributed by atoms with Gasteiger partial charge in [0.2, 0.25) is 5.91 Å². The molecule has 1 aromatic heterocycles. The van der Waals surface area contributed by atoms with E-state index in [9.17, 15) is 13.2 Å². The lowest BCUT2D eigenvalue weighted by Crippen LogP contribution is -2.42. The molecule has 2 aromatic rings. The van der Waals surface area contributed by atoms with Crippen LogP contribution in [0.4, 0.5) is 5.13 Å². The van der Waals surface area contributed by atoms with Gasteiger partial charge in [-0.2, -0.15) is 17.0 Å². The molecule has 1 aliphatic rings. The molecule has 1 amide bonds. The van der Waals surface area contributed by atoms with Crippen molar-refractivity contribution in [3.8, 4) is 11.5 Å². The van der Waals surface area contributed by atoms with Gasteiger partial charge in [-0.1, -0.05) is 6.07 Å². The first-order valence-corrected chi connectivity index (χ1v) is 11.1. The van der Waals surface area contributed by atoms with E-state index >= 15 is 0 Å². The van der Waals surface area contributed by atoms with Crippen molar-refractivity contribution in [1.29, 1.82) is 0 Å². The van der Waals surface area contributed by atoms with Gasteiger partial charge in [0, 0.05) is 31.9 Å². The minimum absolute atomic E-state index is 0.158. The molecule has 0 radical (unpaired) electrons. The highest BCUT2D eigenvalue weighted by atomic mass is 32.2. The SMILES string of the molecule is COc1ccc(CC(=O)Nc2nc3c(s2)CN(S(=O)(=O)N(C)C)CC3)cc1OC. The van der Waals surface area contributed by atoms with Crippen molar-refractivity contribution < 1.29 is 22.7 Å². The van der Waals surface area contributed by atoms with Crippen molar-refractivity contribution in [3.63, 3.8) is 0 Å². The van der Waals surface area contributed by atoms with E-state index in [1.54, 1.807) is 32.4 Å². The second kappa shape index (κ2) is 8.66. The molecule has 0 spiro atoms. The highest BCUT2D eigenvalue weighted by Crippen LogP contribution is 2.30. The van der Waals surface area contributed by atoms with Gasteiger partial charge in [-0.3, -0.25) is 4.79 Å². The third-order valence-electron chi connectivity index (χ3n) is 4.54. The van der Waals surface area contributed by atoms with Gasteiger partial charge in [-0.15, -0.1) is 11.3 Å². The van der Waals surface area contributed by atoms with Crippen LogP contribution in [0.5, 0.6) is 11.5 Å². The van der Waals surface area contributed by atoms with Gasteiger partial charge in [0.1, 0.15) is 0 Å². The molecule has 2 heterocycles. The van der Waals surface area contributed by atoms with Gasteiger partial charge < -0.3 is 14.8 Å². The van der Waals surface area contributed by atoms with Crippen LogP contribution in [0.3, 0.4) is 0 Å². The van der Waals surface area contributed by atoms with Crippen LogP contribution in [0, 0.1) is 0 Å². The number of carbonyl (C=O) groups excluding carboxylic acids is 1. The Labute approximate surface area is 174 Å². The summed E-state index contributed by atoms with van der Waals surface area (Å²) < 4.78 is 37.7. The summed E-state index contributed by atoms with van der Waals surface area (Å²) in [5.74, 6) is 0.951. The maximum Gasteiger partial charge on any atom is 0.281 e. The number of nitrogens with zero attached hydrogens (tertiary/aromatic N) is 3. The number of amides is 1. The van der Waals surface area contributed by atoms with Gasteiger partial charge in [-0.25, -0.2) is 4.98 Å². The van der Waals surface area contributed by atoms with Crippen LogP contribution in [0.15, 0.2) is 18.2 Å². The molecule has 3 rings (SSSR count). The summed E-state index contributed by atoms with van der Waals surface area (Å²) in [7, 11) is 2.65. The first kappa shape index (κ1) is 21.5. The Hall–Kier alpha value is -2.21. The van der Waals surface area contributed by atoms with Gasteiger partial charge >= 0.3 is 0 Å². The van der Waals surface area contributed by atoms with Crippen LogP contribution in [0.2, 0.25) is 0 Å². The van der Waals surface area contributed by atoms with Crippen LogP contribution < -0.4 is 14.8 Å². The van der Waals surface area contributed by atoms with Gasteiger partial charge in [0.15, 0.2) is 16.6 Å². The van der Waals surface area contributed by atoms with Crippen molar-refractivity contribution in [2.75, 3.05) is 40.2 Å². The number of methoxy groups -OCH3 is 2. The Kier molecular flexibility index (Phi) is 6.42. The van der Waals surface area contributed by atoms with Crippen molar-refractivity contribution in [2.24, 2.45) is 0 Å². The molecule has 9 nitrogen and oxygen atoms in total. The lowest BCUT2D eigenvalue weighted by atomic mass is 10.1. The number of nitrogens with one attached hydrogen (secondary N) is 1. The fraction of sp³-hybridized carbons (Fsp3) is 0.444. The van der Waals surface area contributed by atoms with E-state index in [1.165, 1.54) is 34.0 Å². The summed E-state index contributed by atoms with van der Waals surface area (Å²) in [6, 6.07) is 5.32. The van der Waals surface area contributed by atoms with Crippen molar-refractivity contribution >= 4 is 32.6 Å². The van der Waals surface area contributed by atoms with E-state index in [1.807, 2.05) is 0 Å². The Morgan fingerprint density at radius 3 is 2.66 bits per heavy atom. The molecule has 0 bridgehead atoms. The highest BCUT2D eigenvalue weighted by molar-refractivity contribution is 7.86. The van der Waals surface area contributed by atoms with Crippen molar-refractivity contribution in [2.45, 2.75) is 19.4 Å². The first-order valence-electron chi connectivity index (χ1n) is 8.91. The molecule has 1 N–H and O–H groups in total. The summed E-state index contributed by atoms with van der Waals surface area (Å²) in [6.07, 6.45) is 0.677. The molecule has 0 unspecified atom stereocenters. The van der Waals surface area contributed by atoms with Crippen LogP contribution in [0.1, 0.15) is 16.1 Å².